The molecule has 1 heterocycles. The molecule has 16 heavy (non-hydrogen) atoms. The molecule has 0 aliphatic carbocycles. The van der Waals surface area contributed by atoms with E-state index in [0.29, 0.717) is 15.6 Å². The molecule has 0 radical (unpaired) electrons. The van der Waals surface area contributed by atoms with Crippen molar-refractivity contribution in [1.82, 2.24) is 9.97 Å². The average molecular weight is 236 g/mol. The fraction of sp³-hybridized carbons (Fsp3) is 0.0909. The molecule has 0 aliphatic heterocycles. The van der Waals surface area contributed by atoms with Crippen molar-refractivity contribution >= 4 is 11.8 Å². The Morgan fingerprint density at radius 3 is 2.62 bits per heavy atom. The SMILES string of the molecule is OCc1cc(F)cc(Sc2ncccn2)c1. The number of aliphatic hydroxyl groups excluding tert-OH is 1. The summed E-state index contributed by atoms with van der Waals surface area (Å²) < 4.78 is 13.2. The zero-order valence-electron chi connectivity index (χ0n) is 8.30. The topological polar surface area (TPSA) is 46.0 Å². The van der Waals surface area contributed by atoms with Gasteiger partial charge < -0.3 is 5.11 Å². The van der Waals surface area contributed by atoms with E-state index >= 15 is 0 Å². The smallest absolute Gasteiger partial charge is 0.192 e. The highest BCUT2D eigenvalue weighted by Crippen LogP contribution is 2.25. The average Bonchev–Trinajstić information content (AvgIpc) is 2.29. The third kappa shape index (κ3) is 2.77. The van der Waals surface area contributed by atoms with Crippen molar-refractivity contribution in [3.8, 4) is 0 Å². The first-order chi connectivity index (χ1) is 7.78. The van der Waals surface area contributed by atoms with Gasteiger partial charge in [-0.3, -0.25) is 0 Å². The van der Waals surface area contributed by atoms with E-state index in [1.165, 1.54) is 23.9 Å². The molecule has 0 atom stereocenters. The predicted octanol–water partition coefficient (Wildman–Crippen LogP) is 2.26. The second-order valence-corrected chi connectivity index (χ2v) is 4.13. The van der Waals surface area contributed by atoms with Crippen molar-refractivity contribution < 1.29 is 9.50 Å². The van der Waals surface area contributed by atoms with E-state index in [1.54, 1.807) is 24.5 Å². The zero-order valence-corrected chi connectivity index (χ0v) is 9.12. The molecule has 1 aromatic heterocycles. The van der Waals surface area contributed by atoms with Crippen LogP contribution < -0.4 is 0 Å². The van der Waals surface area contributed by atoms with Crippen molar-refractivity contribution in [3.63, 3.8) is 0 Å². The highest BCUT2D eigenvalue weighted by atomic mass is 32.2. The summed E-state index contributed by atoms with van der Waals surface area (Å²) in [5.41, 5.74) is 0.540. The van der Waals surface area contributed by atoms with Crippen LogP contribution in [-0.4, -0.2) is 15.1 Å². The summed E-state index contributed by atoms with van der Waals surface area (Å²) in [6.45, 7) is -0.180. The Morgan fingerprint density at radius 2 is 1.94 bits per heavy atom. The molecule has 0 fully saturated rings. The van der Waals surface area contributed by atoms with Crippen LogP contribution in [0.3, 0.4) is 0 Å². The van der Waals surface area contributed by atoms with Crippen LogP contribution in [0.5, 0.6) is 0 Å². The van der Waals surface area contributed by atoms with Gasteiger partial charge in [0.05, 0.1) is 6.61 Å². The summed E-state index contributed by atoms with van der Waals surface area (Å²) >= 11 is 1.26. The summed E-state index contributed by atoms with van der Waals surface area (Å²) in [6.07, 6.45) is 3.25. The zero-order chi connectivity index (χ0) is 11.4. The Hall–Kier alpha value is -1.46. The van der Waals surface area contributed by atoms with Crippen molar-refractivity contribution in [2.75, 3.05) is 0 Å². The number of nitrogens with zero attached hydrogens (tertiary/aromatic N) is 2. The van der Waals surface area contributed by atoms with Crippen LogP contribution in [0.15, 0.2) is 46.7 Å². The second-order valence-electron chi connectivity index (χ2n) is 3.09. The lowest BCUT2D eigenvalue weighted by molar-refractivity contribution is 0.281. The number of aliphatic hydroxyl groups is 1. The molecule has 0 spiro atoms. The molecule has 0 unspecified atom stereocenters. The van der Waals surface area contributed by atoms with Gasteiger partial charge in [0.25, 0.3) is 0 Å². The maximum Gasteiger partial charge on any atom is 0.192 e. The summed E-state index contributed by atoms with van der Waals surface area (Å²) in [4.78, 5) is 8.73. The fourth-order valence-electron chi connectivity index (χ4n) is 1.21. The van der Waals surface area contributed by atoms with Crippen LogP contribution in [0.1, 0.15) is 5.56 Å². The molecule has 0 saturated carbocycles. The molecule has 0 bridgehead atoms. The van der Waals surface area contributed by atoms with E-state index in [0.717, 1.165) is 0 Å². The Morgan fingerprint density at radius 1 is 1.19 bits per heavy atom. The van der Waals surface area contributed by atoms with Crippen LogP contribution in [0, 0.1) is 5.82 Å². The Kier molecular flexibility index (Phi) is 3.48. The van der Waals surface area contributed by atoms with Crippen molar-refractivity contribution in [2.45, 2.75) is 16.7 Å². The number of aromatic nitrogens is 2. The maximum absolute atomic E-state index is 13.2. The molecule has 2 rings (SSSR count). The fourth-order valence-corrected chi connectivity index (χ4v) is 2.03. The normalized spacial score (nSPS) is 10.4. The number of halogens is 1. The standard InChI is InChI=1S/C11H9FN2OS/c12-9-4-8(7-15)5-10(6-9)16-11-13-2-1-3-14-11/h1-6,15H,7H2. The molecule has 2 aromatic rings. The maximum atomic E-state index is 13.2. The molecule has 0 saturated heterocycles. The summed E-state index contributed by atoms with van der Waals surface area (Å²) in [5.74, 6) is -0.370. The highest BCUT2D eigenvalue weighted by molar-refractivity contribution is 7.99. The lowest BCUT2D eigenvalue weighted by Gasteiger charge is -2.02. The van der Waals surface area contributed by atoms with E-state index in [-0.39, 0.29) is 12.4 Å². The molecular formula is C11H9FN2OS. The molecule has 82 valence electrons. The van der Waals surface area contributed by atoms with Crippen LogP contribution >= 0.6 is 11.8 Å². The Bertz CT molecular complexity index is 479. The van der Waals surface area contributed by atoms with Crippen LogP contribution in [0.4, 0.5) is 4.39 Å². The first kappa shape index (κ1) is 11.0. The molecule has 5 heteroatoms. The highest BCUT2D eigenvalue weighted by Gasteiger charge is 2.03. The van der Waals surface area contributed by atoms with Crippen LogP contribution in [0.2, 0.25) is 0 Å². The molecule has 1 N–H and O–H groups in total. The molecule has 0 aliphatic rings. The minimum Gasteiger partial charge on any atom is -0.392 e. The largest absolute Gasteiger partial charge is 0.392 e. The number of rotatable bonds is 3. The predicted molar refractivity (Wildman–Crippen MR) is 58.5 cm³/mol. The summed E-state index contributed by atoms with van der Waals surface area (Å²) in [5, 5.41) is 9.50. The molecule has 3 nitrogen and oxygen atoms in total. The van der Waals surface area contributed by atoms with Crippen molar-refractivity contribution in [1.29, 1.82) is 0 Å². The van der Waals surface area contributed by atoms with Gasteiger partial charge in [0.2, 0.25) is 0 Å². The minimum atomic E-state index is -0.370. The number of benzene rings is 1. The van der Waals surface area contributed by atoms with E-state index in [9.17, 15) is 4.39 Å². The lowest BCUT2D eigenvalue weighted by Crippen LogP contribution is -1.88. The van der Waals surface area contributed by atoms with Gasteiger partial charge in [-0.05, 0) is 41.6 Å². The first-order valence-electron chi connectivity index (χ1n) is 4.63. The Labute approximate surface area is 96.4 Å². The summed E-state index contributed by atoms with van der Waals surface area (Å²) in [6, 6.07) is 6.12. The van der Waals surface area contributed by atoms with E-state index in [2.05, 4.69) is 9.97 Å². The van der Waals surface area contributed by atoms with Crippen LogP contribution in [0.25, 0.3) is 0 Å². The third-order valence-corrected chi connectivity index (χ3v) is 2.73. The van der Waals surface area contributed by atoms with Gasteiger partial charge in [-0.25, -0.2) is 14.4 Å². The quantitative estimate of drug-likeness (QED) is 0.830. The first-order valence-corrected chi connectivity index (χ1v) is 5.45. The van der Waals surface area contributed by atoms with Gasteiger partial charge in [-0.1, -0.05) is 0 Å². The van der Waals surface area contributed by atoms with Crippen molar-refractivity contribution in [2.24, 2.45) is 0 Å². The number of hydrogen-bond acceptors (Lipinski definition) is 4. The lowest BCUT2D eigenvalue weighted by atomic mass is 10.2. The van der Waals surface area contributed by atoms with Gasteiger partial charge in [0.15, 0.2) is 5.16 Å². The second kappa shape index (κ2) is 5.05. The van der Waals surface area contributed by atoms with Crippen molar-refractivity contribution in [3.05, 3.63) is 48.0 Å². The summed E-state index contributed by atoms with van der Waals surface area (Å²) in [7, 11) is 0. The monoisotopic (exact) mass is 236 g/mol. The molecular weight excluding hydrogens is 227 g/mol. The Balaban J connectivity index is 2.24. The van der Waals surface area contributed by atoms with Crippen LogP contribution in [-0.2, 0) is 6.61 Å². The van der Waals surface area contributed by atoms with E-state index in [4.69, 9.17) is 5.11 Å². The van der Waals surface area contributed by atoms with Gasteiger partial charge in [0, 0.05) is 17.3 Å². The molecule has 0 amide bonds. The molecule has 1 aromatic carbocycles. The van der Waals surface area contributed by atoms with Gasteiger partial charge in [0.1, 0.15) is 5.82 Å². The van der Waals surface area contributed by atoms with Gasteiger partial charge >= 0.3 is 0 Å². The van der Waals surface area contributed by atoms with Gasteiger partial charge in [-0.15, -0.1) is 0 Å². The number of hydrogen-bond donors (Lipinski definition) is 1. The minimum absolute atomic E-state index is 0.180. The van der Waals surface area contributed by atoms with E-state index < -0.39 is 0 Å². The third-order valence-electron chi connectivity index (χ3n) is 1.86. The van der Waals surface area contributed by atoms with Gasteiger partial charge in [-0.2, -0.15) is 0 Å². The van der Waals surface area contributed by atoms with E-state index in [1.807, 2.05) is 0 Å².